The fraction of sp³-hybridized carbons (Fsp3) is 0.200. The summed E-state index contributed by atoms with van der Waals surface area (Å²) in [4.78, 5) is 27.0. The third kappa shape index (κ3) is 4.55. The summed E-state index contributed by atoms with van der Waals surface area (Å²) in [6, 6.07) is 10.9. The van der Waals surface area contributed by atoms with E-state index in [1.54, 1.807) is 42.5 Å². The van der Waals surface area contributed by atoms with Crippen molar-refractivity contribution in [2.75, 3.05) is 19.8 Å². The number of ketones is 1. The van der Waals surface area contributed by atoms with Crippen LogP contribution in [0, 0.1) is 0 Å². The second-order valence-electron chi connectivity index (χ2n) is 6.99. The fourth-order valence-corrected chi connectivity index (χ4v) is 3.77. The summed E-state index contributed by atoms with van der Waals surface area (Å²) >= 11 is 6.26. The van der Waals surface area contributed by atoms with Gasteiger partial charge in [-0.1, -0.05) is 42.5 Å². The summed E-state index contributed by atoms with van der Waals surface area (Å²) in [5.41, 5.74) is 0.943. The van der Waals surface area contributed by atoms with Gasteiger partial charge in [-0.3, -0.25) is 9.59 Å². The Morgan fingerprint density at radius 1 is 1.12 bits per heavy atom. The molecule has 2 aromatic carbocycles. The second kappa shape index (κ2) is 10.2. The van der Waals surface area contributed by atoms with Crippen LogP contribution in [0.5, 0.6) is 11.5 Å². The third-order valence-corrected chi connectivity index (χ3v) is 5.23. The third-order valence-electron chi connectivity index (χ3n) is 4.93. The molecule has 0 unspecified atom stereocenters. The Hall–Kier alpha value is -3.51. The van der Waals surface area contributed by atoms with Gasteiger partial charge in [0.25, 0.3) is 11.7 Å². The molecule has 2 aromatic rings. The molecule has 7 heteroatoms. The number of hydrogen-bond acceptors (Lipinski definition) is 5. The van der Waals surface area contributed by atoms with E-state index in [1.165, 1.54) is 17.0 Å². The number of nitrogens with zero attached hydrogens (tertiary/aromatic N) is 1. The van der Waals surface area contributed by atoms with E-state index >= 15 is 0 Å². The smallest absolute Gasteiger partial charge is 0.295 e. The Balaban J connectivity index is 2.09. The van der Waals surface area contributed by atoms with Crippen LogP contribution < -0.4 is 9.47 Å². The fourth-order valence-electron chi connectivity index (χ4n) is 3.53. The molecule has 1 N–H and O–H groups in total. The molecule has 1 aliphatic heterocycles. The molecule has 1 amide bonds. The normalized spacial score (nSPS) is 17.3. The van der Waals surface area contributed by atoms with Gasteiger partial charge in [0.15, 0.2) is 0 Å². The van der Waals surface area contributed by atoms with Crippen LogP contribution in [0.4, 0.5) is 0 Å². The van der Waals surface area contributed by atoms with E-state index in [9.17, 15) is 14.7 Å². The van der Waals surface area contributed by atoms with Crippen LogP contribution in [0.2, 0.25) is 5.02 Å². The van der Waals surface area contributed by atoms with Gasteiger partial charge in [0.1, 0.15) is 23.9 Å². The number of hydrogen-bond donors (Lipinski definition) is 1. The first kappa shape index (κ1) is 23.2. The highest BCUT2D eigenvalue weighted by Gasteiger charge is 2.45. The van der Waals surface area contributed by atoms with Crippen molar-refractivity contribution in [1.82, 2.24) is 4.90 Å². The number of amides is 1. The molecule has 166 valence electrons. The van der Waals surface area contributed by atoms with Crippen molar-refractivity contribution >= 4 is 29.1 Å². The van der Waals surface area contributed by atoms with Crippen LogP contribution in [0.15, 0.2) is 73.3 Å². The van der Waals surface area contributed by atoms with Crippen molar-refractivity contribution in [2.45, 2.75) is 13.0 Å². The highest BCUT2D eigenvalue weighted by Crippen LogP contribution is 2.40. The van der Waals surface area contributed by atoms with Gasteiger partial charge in [0, 0.05) is 12.1 Å². The highest BCUT2D eigenvalue weighted by atomic mass is 35.5. The zero-order valence-corrected chi connectivity index (χ0v) is 18.5. The molecule has 0 radical (unpaired) electrons. The maximum atomic E-state index is 12.9. The lowest BCUT2D eigenvalue weighted by Crippen LogP contribution is -2.29. The molecule has 1 heterocycles. The number of ether oxygens (including phenoxy) is 2. The number of carbonyl (C=O) groups is 2. The van der Waals surface area contributed by atoms with Gasteiger partial charge < -0.3 is 19.5 Å². The molecular weight excluding hydrogens is 430 g/mol. The zero-order valence-electron chi connectivity index (χ0n) is 17.7. The molecule has 1 fully saturated rings. The molecule has 3 rings (SSSR count). The standard InChI is InChI=1S/C25H24ClNO5/c1-4-13-27-22(16-7-10-18(11-8-16)32-14-5-2)21(24(29)25(27)30)23(28)17-9-12-20(31-6-3)19(26)15-17/h4-5,7-12,15,22,28H,1-2,6,13-14H2,3H3/t22-/m1/s1. The minimum atomic E-state index is -0.785. The van der Waals surface area contributed by atoms with E-state index in [0.717, 1.165) is 0 Å². The average molecular weight is 454 g/mol. The average Bonchev–Trinajstić information content (AvgIpc) is 3.04. The molecular formula is C25H24ClNO5. The summed E-state index contributed by atoms with van der Waals surface area (Å²) < 4.78 is 10.9. The predicted molar refractivity (Wildman–Crippen MR) is 124 cm³/mol. The molecule has 1 aliphatic rings. The van der Waals surface area contributed by atoms with E-state index in [4.69, 9.17) is 21.1 Å². The number of aliphatic hydroxyl groups excluding tert-OH is 1. The summed E-state index contributed by atoms with van der Waals surface area (Å²) in [6.07, 6.45) is 3.17. The number of likely N-dealkylation sites (tertiary alicyclic amines) is 1. The Morgan fingerprint density at radius 3 is 2.44 bits per heavy atom. The molecule has 1 saturated heterocycles. The first-order valence-electron chi connectivity index (χ1n) is 10.1. The van der Waals surface area contributed by atoms with Crippen molar-refractivity contribution < 1.29 is 24.2 Å². The monoisotopic (exact) mass is 453 g/mol. The minimum absolute atomic E-state index is 0.0168. The van der Waals surface area contributed by atoms with Gasteiger partial charge in [-0.15, -0.1) is 6.58 Å². The van der Waals surface area contributed by atoms with Crippen molar-refractivity contribution in [3.05, 3.63) is 89.5 Å². The quantitative estimate of drug-likeness (QED) is 0.252. The Kier molecular flexibility index (Phi) is 7.38. The second-order valence-corrected chi connectivity index (χ2v) is 7.39. The van der Waals surface area contributed by atoms with Gasteiger partial charge >= 0.3 is 0 Å². The highest BCUT2D eigenvalue weighted by molar-refractivity contribution is 6.46. The molecule has 0 saturated carbocycles. The SMILES string of the molecule is C=CCOc1ccc([C@@H]2C(=C(O)c3ccc(OCC)c(Cl)c3)C(=O)C(=O)N2CC=C)cc1. The van der Waals surface area contributed by atoms with Crippen LogP contribution in [0.1, 0.15) is 24.1 Å². The number of halogens is 1. The van der Waals surface area contributed by atoms with E-state index in [0.29, 0.717) is 35.8 Å². The van der Waals surface area contributed by atoms with E-state index in [1.807, 2.05) is 6.92 Å². The van der Waals surface area contributed by atoms with E-state index < -0.39 is 17.7 Å². The van der Waals surface area contributed by atoms with Crippen LogP contribution in [0.25, 0.3) is 5.76 Å². The molecule has 1 atom stereocenters. The number of rotatable bonds is 9. The minimum Gasteiger partial charge on any atom is -0.507 e. The molecule has 32 heavy (non-hydrogen) atoms. The Labute approximate surface area is 192 Å². The Bertz CT molecular complexity index is 1070. The predicted octanol–water partition coefficient (Wildman–Crippen LogP) is 4.91. The first-order chi connectivity index (χ1) is 15.4. The topological polar surface area (TPSA) is 76.1 Å². The summed E-state index contributed by atoms with van der Waals surface area (Å²) in [5, 5.41) is 11.3. The number of benzene rings is 2. The van der Waals surface area contributed by atoms with Crippen LogP contribution in [0.3, 0.4) is 0 Å². The maximum Gasteiger partial charge on any atom is 0.295 e. The van der Waals surface area contributed by atoms with Crippen molar-refractivity contribution in [2.24, 2.45) is 0 Å². The van der Waals surface area contributed by atoms with Crippen molar-refractivity contribution in [3.63, 3.8) is 0 Å². The summed E-state index contributed by atoms with van der Waals surface area (Å²) in [5.74, 6) is -0.708. The van der Waals surface area contributed by atoms with E-state index in [2.05, 4.69) is 13.2 Å². The number of carbonyl (C=O) groups excluding carboxylic acids is 2. The number of aliphatic hydroxyl groups is 1. The molecule has 0 aromatic heterocycles. The molecule has 0 spiro atoms. The van der Waals surface area contributed by atoms with Gasteiger partial charge in [0.2, 0.25) is 0 Å². The lowest BCUT2D eigenvalue weighted by Gasteiger charge is -2.24. The Morgan fingerprint density at radius 2 is 1.84 bits per heavy atom. The van der Waals surface area contributed by atoms with Crippen molar-refractivity contribution in [1.29, 1.82) is 0 Å². The van der Waals surface area contributed by atoms with Crippen molar-refractivity contribution in [3.8, 4) is 11.5 Å². The van der Waals surface area contributed by atoms with Crippen LogP contribution >= 0.6 is 11.6 Å². The molecule has 0 bridgehead atoms. The van der Waals surface area contributed by atoms with Gasteiger partial charge in [-0.2, -0.15) is 0 Å². The zero-order chi connectivity index (χ0) is 23.3. The first-order valence-corrected chi connectivity index (χ1v) is 10.5. The maximum absolute atomic E-state index is 12.9. The lowest BCUT2D eigenvalue weighted by atomic mass is 9.95. The lowest BCUT2D eigenvalue weighted by molar-refractivity contribution is -0.139. The van der Waals surface area contributed by atoms with Gasteiger partial charge in [0.05, 0.1) is 23.2 Å². The summed E-state index contributed by atoms with van der Waals surface area (Å²) in [6.45, 7) is 10.1. The molecule has 6 nitrogen and oxygen atoms in total. The molecule has 0 aliphatic carbocycles. The van der Waals surface area contributed by atoms with Crippen LogP contribution in [-0.4, -0.2) is 41.5 Å². The largest absolute Gasteiger partial charge is 0.507 e. The van der Waals surface area contributed by atoms with Crippen LogP contribution in [-0.2, 0) is 9.59 Å². The van der Waals surface area contributed by atoms with Gasteiger partial charge in [-0.25, -0.2) is 0 Å². The van der Waals surface area contributed by atoms with E-state index in [-0.39, 0.29) is 22.9 Å². The van der Waals surface area contributed by atoms with Gasteiger partial charge in [-0.05, 0) is 42.8 Å². The number of Topliss-reactive ketones (excluding diaryl/α,β-unsaturated/α-hetero) is 1. The summed E-state index contributed by atoms with van der Waals surface area (Å²) in [7, 11) is 0.